The highest BCUT2D eigenvalue weighted by Crippen LogP contribution is 2.26. The van der Waals surface area contributed by atoms with E-state index in [2.05, 4.69) is 21.0 Å². The number of aromatic nitrogens is 3. The molecular weight excluding hydrogens is 433 g/mol. The number of halogens is 3. The highest BCUT2D eigenvalue weighted by Gasteiger charge is 2.23. The Kier molecular flexibility index (Phi) is 7.17. The number of piperidine rings is 1. The first kappa shape index (κ1) is 23.1. The number of rotatable bonds is 8. The lowest BCUT2D eigenvalue weighted by molar-refractivity contribution is 0.139. The minimum Gasteiger partial charge on any atom is -0.508 e. The zero-order valence-electron chi connectivity index (χ0n) is 18.4. The van der Waals surface area contributed by atoms with E-state index < -0.39 is 18.1 Å². The van der Waals surface area contributed by atoms with Crippen LogP contribution < -0.4 is 4.74 Å². The van der Waals surface area contributed by atoms with Gasteiger partial charge < -0.3 is 9.84 Å². The van der Waals surface area contributed by atoms with Crippen molar-refractivity contribution >= 4 is 0 Å². The van der Waals surface area contributed by atoms with E-state index in [1.54, 1.807) is 18.2 Å². The van der Waals surface area contributed by atoms with Gasteiger partial charge in [-0.2, -0.15) is 9.67 Å². The molecule has 2 aromatic carbocycles. The summed E-state index contributed by atoms with van der Waals surface area (Å²) in [6.45, 7) is 4.90. The van der Waals surface area contributed by atoms with Crippen molar-refractivity contribution in [2.45, 2.75) is 39.2 Å². The van der Waals surface area contributed by atoms with Gasteiger partial charge in [0.1, 0.15) is 17.3 Å². The molecule has 0 radical (unpaired) electrons. The summed E-state index contributed by atoms with van der Waals surface area (Å²) in [5.74, 6) is -0.562. The van der Waals surface area contributed by atoms with Gasteiger partial charge in [-0.05, 0) is 80.6 Å². The molecule has 0 atom stereocenters. The van der Waals surface area contributed by atoms with E-state index >= 15 is 0 Å². The normalized spacial score (nSPS) is 15.3. The Hall–Kier alpha value is -3.07. The van der Waals surface area contributed by atoms with E-state index in [-0.39, 0.29) is 24.1 Å². The maximum absolute atomic E-state index is 14.2. The van der Waals surface area contributed by atoms with Crippen LogP contribution in [0.15, 0.2) is 42.5 Å². The average molecular weight is 461 g/mol. The summed E-state index contributed by atoms with van der Waals surface area (Å²) in [5.41, 5.74) is 2.15. The smallest absolute Gasteiger partial charge is 0.320 e. The van der Waals surface area contributed by atoms with Gasteiger partial charge in [-0.25, -0.2) is 13.2 Å². The van der Waals surface area contributed by atoms with Gasteiger partial charge in [-0.15, -0.1) is 5.10 Å². The van der Waals surface area contributed by atoms with Crippen LogP contribution in [0.1, 0.15) is 42.6 Å². The van der Waals surface area contributed by atoms with Gasteiger partial charge in [0.25, 0.3) is 6.43 Å². The van der Waals surface area contributed by atoms with Crippen molar-refractivity contribution in [2.24, 2.45) is 5.92 Å². The van der Waals surface area contributed by atoms with Crippen molar-refractivity contribution in [2.75, 3.05) is 19.7 Å². The topological polar surface area (TPSA) is 63.4 Å². The summed E-state index contributed by atoms with van der Waals surface area (Å²) in [6.07, 6.45) is -0.153. The van der Waals surface area contributed by atoms with Crippen LogP contribution in [-0.4, -0.2) is 44.5 Å². The number of aromatic hydroxyl groups is 1. The number of likely N-dealkylation sites (tertiary alicyclic amines) is 1. The monoisotopic (exact) mass is 460 g/mol. The largest absolute Gasteiger partial charge is 0.508 e. The maximum Gasteiger partial charge on any atom is 0.320 e. The molecule has 0 unspecified atom stereocenters. The van der Waals surface area contributed by atoms with Gasteiger partial charge >= 0.3 is 6.01 Å². The Bertz CT molecular complexity index is 1060. The maximum atomic E-state index is 14.2. The summed E-state index contributed by atoms with van der Waals surface area (Å²) in [6, 6.07) is 11.3. The predicted molar refractivity (Wildman–Crippen MR) is 117 cm³/mol. The number of ether oxygens (including phenoxy) is 1. The molecule has 0 saturated carbocycles. The number of hydrogen-bond acceptors (Lipinski definition) is 5. The molecule has 0 amide bonds. The second kappa shape index (κ2) is 10.2. The number of para-hydroxylation sites is 1. The third-order valence-electron chi connectivity index (χ3n) is 5.86. The standard InChI is InChI=1S/C24H27F3N4O2/c1-16-12-18(14-19(32)13-16)15-30-9-6-17(7-10-30)8-11-33-24-28-23(22(26)27)29-31(24)21-5-3-2-4-20(21)25/h2-5,12-14,17,22,32H,6-11,15H2,1H3. The predicted octanol–water partition coefficient (Wildman–Crippen LogP) is 5.04. The number of phenols is 1. The summed E-state index contributed by atoms with van der Waals surface area (Å²) >= 11 is 0. The second-order valence-electron chi connectivity index (χ2n) is 8.45. The summed E-state index contributed by atoms with van der Waals surface area (Å²) in [5, 5.41) is 13.5. The third-order valence-corrected chi connectivity index (χ3v) is 5.86. The molecule has 1 N–H and O–H groups in total. The molecule has 9 heteroatoms. The fraction of sp³-hybridized carbons (Fsp3) is 0.417. The van der Waals surface area contributed by atoms with Crippen molar-refractivity contribution in [1.29, 1.82) is 0 Å². The SMILES string of the molecule is Cc1cc(O)cc(CN2CCC(CCOc3nc(C(F)F)nn3-c3ccccc3F)CC2)c1. The van der Waals surface area contributed by atoms with Crippen LogP contribution in [0.3, 0.4) is 0 Å². The molecule has 1 aromatic heterocycles. The third kappa shape index (κ3) is 5.84. The van der Waals surface area contributed by atoms with E-state index in [9.17, 15) is 18.3 Å². The lowest BCUT2D eigenvalue weighted by Crippen LogP contribution is -2.33. The Morgan fingerprint density at radius 3 is 2.61 bits per heavy atom. The number of alkyl halides is 2. The number of hydrogen-bond donors (Lipinski definition) is 1. The van der Waals surface area contributed by atoms with Gasteiger partial charge in [-0.1, -0.05) is 18.2 Å². The van der Waals surface area contributed by atoms with E-state index in [4.69, 9.17) is 4.74 Å². The highest BCUT2D eigenvalue weighted by molar-refractivity contribution is 5.35. The van der Waals surface area contributed by atoms with E-state index in [0.29, 0.717) is 5.92 Å². The number of nitrogens with zero attached hydrogens (tertiary/aromatic N) is 4. The van der Waals surface area contributed by atoms with Crippen molar-refractivity contribution < 1.29 is 23.0 Å². The molecule has 0 bridgehead atoms. The van der Waals surface area contributed by atoms with Gasteiger partial charge in [0.05, 0.1) is 6.61 Å². The van der Waals surface area contributed by atoms with Crippen LogP contribution in [0.25, 0.3) is 5.69 Å². The number of benzene rings is 2. The first-order chi connectivity index (χ1) is 15.9. The minimum absolute atomic E-state index is 0.0161. The molecule has 2 heterocycles. The molecule has 1 aliphatic heterocycles. The number of aryl methyl sites for hydroxylation is 1. The Morgan fingerprint density at radius 1 is 1.15 bits per heavy atom. The quantitative estimate of drug-likeness (QED) is 0.510. The van der Waals surface area contributed by atoms with Crippen LogP contribution in [0, 0.1) is 18.7 Å². The lowest BCUT2D eigenvalue weighted by Gasteiger charge is -2.32. The molecule has 33 heavy (non-hydrogen) atoms. The first-order valence-electron chi connectivity index (χ1n) is 11.0. The van der Waals surface area contributed by atoms with Crippen molar-refractivity contribution in [3.63, 3.8) is 0 Å². The van der Waals surface area contributed by atoms with Crippen LogP contribution >= 0.6 is 0 Å². The Balaban J connectivity index is 1.31. The van der Waals surface area contributed by atoms with Crippen molar-refractivity contribution in [1.82, 2.24) is 19.7 Å². The van der Waals surface area contributed by atoms with Crippen molar-refractivity contribution in [3.05, 3.63) is 65.2 Å². The van der Waals surface area contributed by atoms with Gasteiger partial charge in [0.2, 0.25) is 5.82 Å². The van der Waals surface area contributed by atoms with Crippen molar-refractivity contribution in [3.8, 4) is 17.4 Å². The molecule has 1 fully saturated rings. The zero-order valence-corrected chi connectivity index (χ0v) is 18.4. The van der Waals surface area contributed by atoms with Gasteiger partial charge in [0.15, 0.2) is 0 Å². The second-order valence-corrected chi connectivity index (χ2v) is 8.45. The van der Waals surface area contributed by atoms with Gasteiger partial charge in [0, 0.05) is 6.54 Å². The molecule has 1 aliphatic rings. The summed E-state index contributed by atoms with van der Waals surface area (Å²) in [7, 11) is 0. The molecule has 3 aromatic rings. The van der Waals surface area contributed by atoms with E-state index in [1.807, 2.05) is 6.92 Å². The van der Waals surface area contributed by atoms with Crippen LogP contribution in [0.5, 0.6) is 11.8 Å². The molecule has 6 nitrogen and oxygen atoms in total. The van der Waals surface area contributed by atoms with Crippen LogP contribution in [0.2, 0.25) is 0 Å². The molecule has 1 saturated heterocycles. The lowest BCUT2D eigenvalue weighted by atomic mass is 9.93. The molecule has 176 valence electrons. The van der Waals surface area contributed by atoms with Crippen LogP contribution in [-0.2, 0) is 6.54 Å². The average Bonchev–Trinajstić information content (AvgIpc) is 3.19. The fourth-order valence-electron chi connectivity index (χ4n) is 4.22. The molecule has 0 spiro atoms. The zero-order chi connectivity index (χ0) is 23.4. The fourth-order valence-corrected chi connectivity index (χ4v) is 4.22. The van der Waals surface area contributed by atoms with Crippen LogP contribution in [0.4, 0.5) is 13.2 Å². The summed E-state index contributed by atoms with van der Waals surface area (Å²) < 4.78 is 47.1. The Morgan fingerprint density at radius 2 is 1.91 bits per heavy atom. The van der Waals surface area contributed by atoms with E-state index in [1.165, 1.54) is 18.2 Å². The van der Waals surface area contributed by atoms with Gasteiger partial charge in [-0.3, -0.25) is 4.90 Å². The molecular formula is C24H27F3N4O2. The molecule has 4 rings (SSSR count). The highest BCUT2D eigenvalue weighted by atomic mass is 19.3. The van der Waals surface area contributed by atoms with E-state index in [0.717, 1.165) is 54.7 Å². The minimum atomic E-state index is -2.87. The first-order valence-corrected chi connectivity index (χ1v) is 11.0. The Labute approximate surface area is 190 Å². The summed E-state index contributed by atoms with van der Waals surface area (Å²) in [4.78, 5) is 6.12. The molecule has 0 aliphatic carbocycles. The number of phenolic OH excluding ortho intramolecular Hbond substituents is 1.